The van der Waals surface area contributed by atoms with Gasteiger partial charge >= 0.3 is 0 Å². The monoisotopic (exact) mass is 280 g/mol. The van der Waals surface area contributed by atoms with Crippen LogP contribution in [0.15, 0.2) is 24.3 Å². The molecule has 1 heterocycles. The van der Waals surface area contributed by atoms with Crippen LogP contribution >= 0.6 is 0 Å². The molecule has 0 radical (unpaired) electrons. The molecule has 0 bridgehead atoms. The van der Waals surface area contributed by atoms with Crippen molar-refractivity contribution in [3.8, 4) is 0 Å². The van der Waals surface area contributed by atoms with E-state index in [0.29, 0.717) is 0 Å². The van der Waals surface area contributed by atoms with Crippen molar-refractivity contribution < 1.29 is 9.13 Å². The van der Waals surface area contributed by atoms with Crippen molar-refractivity contribution in [2.45, 2.75) is 38.5 Å². The Bertz CT molecular complexity index is 427. The zero-order valence-corrected chi connectivity index (χ0v) is 12.6. The van der Waals surface area contributed by atoms with E-state index in [1.165, 1.54) is 6.07 Å². The Hall–Kier alpha value is -0.970. The van der Waals surface area contributed by atoms with Crippen LogP contribution in [0.3, 0.4) is 0 Å². The summed E-state index contributed by atoms with van der Waals surface area (Å²) in [5.74, 6) is -0.138. The summed E-state index contributed by atoms with van der Waals surface area (Å²) in [7, 11) is 2.11. The number of ether oxygens (including phenoxy) is 1. The highest BCUT2D eigenvalue weighted by Crippen LogP contribution is 2.21. The zero-order chi connectivity index (χ0) is 14.5. The molecule has 112 valence electrons. The number of hydrogen-bond donors (Lipinski definition) is 1. The van der Waals surface area contributed by atoms with Gasteiger partial charge in [-0.05, 0) is 26.5 Å². The second kappa shape index (κ2) is 7.16. The first-order chi connectivity index (χ1) is 9.61. The maximum Gasteiger partial charge on any atom is 0.127 e. The van der Waals surface area contributed by atoms with Crippen LogP contribution in [-0.4, -0.2) is 43.8 Å². The molecule has 0 unspecified atom stereocenters. The summed E-state index contributed by atoms with van der Waals surface area (Å²) >= 11 is 0. The van der Waals surface area contributed by atoms with Gasteiger partial charge in [0.2, 0.25) is 0 Å². The summed E-state index contributed by atoms with van der Waals surface area (Å²) in [5, 5.41) is 3.52. The Morgan fingerprint density at radius 3 is 2.85 bits per heavy atom. The third-order valence-corrected chi connectivity index (χ3v) is 4.01. The number of hydrogen-bond acceptors (Lipinski definition) is 3. The highest BCUT2D eigenvalue weighted by Gasteiger charge is 2.26. The van der Waals surface area contributed by atoms with Gasteiger partial charge in [0.1, 0.15) is 5.82 Å². The summed E-state index contributed by atoms with van der Waals surface area (Å²) in [5.41, 5.74) is 0.742. The minimum absolute atomic E-state index is 0.0297. The minimum Gasteiger partial charge on any atom is -0.374 e. The molecule has 0 saturated carbocycles. The fourth-order valence-electron chi connectivity index (χ4n) is 2.72. The van der Waals surface area contributed by atoms with Crippen LogP contribution in [0, 0.1) is 5.82 Å². The van der Waals surface area contributed by atoms with Crippen molar-refractivity contribution in [1.29, 1.82) is 0 Å². The number of nitrogens with zero attached hydrogens (tertiary/aromatic N) is 1. The molecule has 2 rings (SSSR count). The van der Waals surface area contributed by atoms with E-state index in [0.717, 1.165) is 31.7 Å². The van der Waals surface area contributed by atoms with E-state index in [4.69, 9.17) is 4.74 Å². The van der Waals surface area contributed by atoms with Gasteiger partial charge in [-0.3, -0.25) is 0 Å². The van der Waals surface area contributed by atoms with Gasteiger partial charge in [0, 0.05) is 30.7 Å². The van der Waals surface area contributed by atoms with Gasteiger partial charge in [-0.15, -0.1) is 0 Å². The average Bonchev–Trinajstić information content (AvgIpc) is 2.45. The van der Waals surface area contributed by atoms with Crippen LogP contribution < -0.4 is 5.32 Å². The molecule has 3 nitrogen and oxygen atoms in total. The minimum atomic E-state index is -0.138. The van der Waals surface area contributed by atoms with Gasteiger partial charge in [0.25, 0.3) is 0 Å². The standard InChI is InChI=1S/C16H25FN2O/c1-4-15(13-7-5-6-8-14(13)17)18-12(2)16-11-19(3)9-10-20-16/h5-8,12,15-16,18H,4,9-11H2,1-3H3/t12-,15+,16-/m1/s1. The highest BCUT2D eigenvalue weighted by atomic mass is 19.1. The quantitative estimate of drug-likeness (QED) is 0.897. The second-order valence-electron chi connectivity index (χ2n) is 5.61. The first-order valence-electron chi connectivity index (χ1n) is 7.42. The largest absolute Gasteiger partial charge is 0.374 e. The molecule has 3 atom stereocenters. The van der Waals surface area contributed by atoms with Crippen molar-refractivity contribution in [2.24, 2.45) is 0 Å². The number of halogens is 1. The number of rotatable bonds is 5. The number of likely N-dealkylation sites (N-methyl/N-ethyl adjacent to an activating group) is 1. The number of nitrogens with one attached hydrogen (secondary N) is 1. The number of morpholine rings is 1. The Morgan fingerprint density at radius 2 is 2.20 bits per heavy atom. The zero-order valence-electron chi connectivity index (χ0n) is 12.6. The topological polar surface area (TPSA) is 24.5 Å². The average molecular weight is 280 g/mol. The van der Waals surface area contributed by atoms with E-state index in [-0.39, 0.29) is 24.0 Å². The lowest BCUT2D eigenvalue weighted by Gasteiger charge is -2.35. The van der Waals surface area contributed by atoms with Crippen LogP contribution in [0.5, 0.6) is 0 Å². The van der Waals surface area contributed by atoms with Gasteiger partial charge in [0.15, 0.2) is 0 Å². The third kappa shape index (κ3) is 3.78. The molecule has 0 aliphatic carbocycles. The van der Waals surface area contributed by atoms with Gasteiger partial charge in [-0.25, -0.2) is 4.39 Å². The molecular weight excluding hydrogens is 255 g/mol. The van der Waals surface area contributed by atoms with E-state index in [9.17, 15) is 4.39 Å². The van der Waals surface area contributed by atoms with Crippen molar-refractivity contribution in [3.63, 3.8) is 0 Å². The number of benzene rings is 1. The Kier molecular flexibility index (Phi) is 5.52. The van der Waals surface area contributed by atoms with Crippen LogP contribution in [0.2, 0.25) is 0 Å². The third-order valence-electron chi connectivity index (χ3n) is 4.01. The van der Waals surface area contributed by atoms with Crippen LogP contribution in [0.25, 0.3) is 0 Å². The Balaban J connectivity index is 2.01. The lowest BCUT2D eigenvalue weighted by molar-refractivity contribution is -0.0373. The van der Waals surface area contributed by atoms with Crippen molar-refractivity contribution in [3.05, 3.63) is 35.6 Å². The van der Waals surface area contributed by atoms with Crippen molar-refractivity contribution >= 4 is 0 Å². The fourth-order valence-corrected chi connectivity index (χ4v) is 2.72. The molecule has 1 aromatic rings. The molecule has 0 amide bonds. The van der Waals surface area contributed by atoms with Gasteiger partial charge in [-0.2, -0.15) is 0 Å². The van der Waals surface area contributed by atoms with Crippen molar-refractivity contribution in [2.75, 3.05) is 26.7 Å². The summed E-state index contributed by atoms with van der Waals surface area (Å²) in [6.07, 6.45) is 1.02. The van der Waals surface area contributed by atoms with E-state index < -0.39 is 0 Å². The normalized spacial score (nSPS) is 23.5. The maximum absolute atomic E-state index is 13.9. The molecule has 1 N–H and O–H groups in total. The van der Waals surface area contributed by atoms with Gasteiger partial charge in [0.05, 0.1) is 12.7 Å². The molecule has 0 aromatic heterocycles. The Labute approximate surface area is 121 Å². The predicted octanol–water partition coefficient (Wildman–Crippen LogP) is 2.59. The molecule has 0 spiro atoms. The molecule has 1 saturated heterocycles. The fraction of sp³-hybridized carbons (Fsp3) is 0.625. The van der Waals surface area contributed by atoms with Crippen molar-refractivity contribution in [1.82, 2.24) is 10.2 Å². The summed E-state index contributed by atoms with van der Waals surface area (Å²) in [4.78, 5) is 2.27. The van der Waals surface area contributed by atoms with Crippen LogP contribution in [-0.2, 0) is 4.74 Å². The SMILES string of the molecule is CC[C@H](N[C@H](C)[C@H]1CN(C)CCO1)c1ccccc1F. The van der Waals surface area contributed by atoms with Gasteiger partial charge < -0.3 is 15.0 Å². The molecule has 20 heavy (non-hydrogen) atoms. The first kappa shape index (κ1) is 15.4. The summed E-state index contributed by atoms with van der Waals surface area (Å²) in [6.45, 7) is 6.86. The highest BCUT2D eigenvalue weighted by molar-refractivity contribution is 5.21. The smallest absolute Gasteiger partial charge is 0.127 e. The Morgan fingerprint density at radius 1 is 1.45 bits per heavy atom. The van der Waals surface area contributed by atoms with E-state index in [1.807, 2.05) is 12.1 Å². The van der Waals surface area contributed by atoms with Gasteiger partial charge in [-0.1, -0.05) is 25.1 Å². The lowest BCUT2D eigenvalue weighted by atomic mass is 10.0. The lowest BCUT2D eigenvalue weighted by Crippen LogP contribution is -2.50. The molecule has 1 aliphatic heterocycles. The maximum atomic E-state index is 13.9. The van der Waals surface area contributed by atoms with E-state index >= 15 is 0 Å². The molecule has 1 aliphatic rings. The second-order valence-corrected chi connectivity index (χ2v) is 5.61. The molecule has 4 heteroatoms. The molecule has 1 fully saturated rings. The summed E-state index contributed by atoms with van der Waals surface area (Å²) in [6, 6.07) is 7.23. The van der Waals surface area contributed by atoms with Crippen LogP contribution in [0.1, 0.15) is 31.9 Å². The molecular formula is C16H25FN2O. The first-order valence-corrected chi connectivity index (χ1v) is 7.42. The van der Waals surface area contributed by atoms with E-state index in [1.54, 1.807) is 6.07 Å². The predicted molar refractivity (Wildman–Crippen MR) is 79.3 cm³/mol. The van der Waals surface area contributed by atoms with E-state index in [2.05, 4.69) is 31.1 Å². The summed E-state index contributed by atoms with van der Waals surface area (Å²) < 4.78 is 19.7. The molecule has 1 aromatic carbocycles. The van der Waals surface area contributed by atoms with Crippen LogP contribution in [0.4, 0.5) is 4.39 Å².